The van der Waals surface area contributed by atoms with Crippen LogP contribution in [0.2, 0.25) is 0 Å². The molecule has 100 valence electrons. The topological polar surface area (TPSA) is 78.9 Å². The van der Waals surface area contributed by atoms with E-state index in [1.807, 2.05) is 0 Å². The average molecular weight is 321 g/mol. The molecule has 0 saturated heterocycles. The fraction of sp³-hybridized carbons (Fsp3) is 0.545. The first kappa shape index (κ1) is 14.7. The van der Waals surface area contributed by atoms with E-state index < -0.39 is 36.2 Å². The van der Waals surface area contributed by atoms with Gasteiger partial charge in [0.1, 0.15) is 0 Å². The minimum absolute atomic E-state index is 0.256. The van der Waals surface area contributed by atoms with E-state index in [4.69, 9.17) is 14.2 Å². The lowest BCUT2D eigenvalue weighted by Crippen LogP contribution is -2.43. The molecule has 0 aromatic heterocycles. The van der Waals surface area contributed by atoms with Crippen LogP contribution >= 0.6 is 15.9 Å². The van der Waals surface area contributed by atoms with Crippen molar-refractivity contribution in [3.63, 3.8) is 0 Å². The van der Waals surface area contributed by atoms with Crippen LogP contribution in [0.15, 0.2) is 12.2 Å². The number of cyclic esters (lactones) is 1. The van der Waals surface area contributed by atoms with Gasteiger partial charge in [0.2, 0.25) is 0 Å². The van der Waals surface area contributed by atoms with Crippen molar-refractivity contribution in [1.82, 2.24) is 0 Å². The zero-order valence-corrected chi connectivity index (χ0v) is 11.5. The van der Waals surface area contributed by atoms with Gasteiger partial charge in [-0.15, -0.1) is 0 Å². The number of esters is 3. The van der Waals surface area contributed by atoms with Crippen molar-refractivity contribution in [1.29, 1.82) is 0 Å². The van der Waals surface area contributed by atoms with E-state index >= 15 is 0 Å². The average Bonchev–Trinajstić information content (AvgIpc) is 2.69. The molecule has 0 amide bonds. The summed E-state index contributed by atoms with van der Waals surface area (Å²) in [5, 5.41) is 0.256. The maximum absolute atomic E-state index is 11.1. The molecule has 6 nitrogen and oxygen atoms in total. The Morgan fingerprint density at radius 2 is 2.00 bits per heavy atom. The Labute approximate surface area is 112 Å². The van der Waals surface area contributed by atoms with Gasteiger partial charge in [-0.25, -0.2) is 4.79 Å². The minimum Gasteiger partial charge on any atom is -0.458 e. The van der Waals surface area contributed by atoms with Gasteiger partial charge in [0.15, 0.2) is 18.3 Å². The first-order valence-electron chi connectivity index (χ1n) is 5.23. The summed E-state index contributed by atoms with van der Waals surface area (Å²) in [4.78, 5) is 33.0. The van der Waals surface area contributed by atoms with Gasteiger partial charge >= 0.3 is 17.9 Å². The number of rotatable bonds is 5. The lowest BCUT2D eigenvalue weighted by molar-refractivity contribution is -0.174. The number of ether oxygens (including phenoxy) is 3. The Morgan fingerprint density at radius 3 is 2.39 bits per heavy atom. The molecule has 0 unspecified atom stereocenters. The number of carbonyl (C=O) groups excluding carboxylic acids is 3. The van der Waals surface area contributed by atoms with Gasteiger partial charge in [0.25, 0.3) is 0 Å². The summed E-state index contributed by atoms with van der Waals surface area (Å²) in [6.07, 6.45) is 0.360. The summed E-state index contributed by atoms with van der Waals surface area (Å²) in [6, 6.07) is 0. The lowest BCUT2D eigenvalue weighted by atomic mass is 10.1. The molecule has 0 N–H and O–H groups in total. The number of hydrogen-bond acceptors (Lipinski definition) is 6. The highest BCUT2D eigenvalue weighted by Crippen LogP contribution is 2.19. The van der Waals surface area contributed by atoms with Crippen LogP contribution in [0.4, 0.5) is 0 Å². The molecule has 0 bridgehead atoms. The van der Waals surface area contributed by atoms with Crippen molar-refractivity contribution in [2.75, 3.05) is 5.33 Å². The SMILES string of the molecule is CC(=O)O[C@@H]([C@H]1C=CC(=O)O1)[C@@H](CBr)OC(C)=O. The molecule has 1 heterocycles. The molecule has 3 atom stereocenters. The molecule has 1 aliphatic rings. The van der Waals surface area contributed by atoms with Gasteiger partial charge in [-0.05, 0) is 6.08 Å². The molecule has 0 aromatic carbocycles. The second kappa shape index (κ2) is 6.53. The third-order valence-corrected chi connectivity index (χ3v) is 2.77. The third kappa shape index (κ3) is 4.14. The molecule has 1 rings (SSSR count). The Morgan fingerprint density at radius 1 is 1.39 bits per heavy atom. The maximum Gasteiger partial charge on any atom is 0.331 e. The van der Waals surface area contributed by atoms with E-state index in [0.717, 1.165) is 0 Å². The van der Waals surface area contributed by atoms with Gasteiger partial charge in [-0.2, -0.15) is 0 Å². The van der Waals surface area contributed by atoms with Crippen LogP contribution in [-0.4, -0.2) is 41.5 Å². The second-order valence-electron chi connectivity index (χ2n) is 3.64. The molecule has 0 radical (unpaired) electrons. The van der Waals surface area contributed by atoms with E-state index in [-0.39, 0.29) is 5.33 Å². The maximum atomic E-state index is 11.1. The number of alkyl halides is 1. The molecule has 0 aromatic rings. The zero-order valence-electron chi connectivity index (χ0n) is 9.92. The van der Waals surface area contributed by atoms with E-state index in [1.54, 1.807) is 0 Å². The van der Waals surface area contributed by atoms with Crippen molar-refractivity contribution >= 4 is 33.8 Å². The standard InChI is InChI=1S/C11H13BrO6/c1-6(13)16-9(5-12)11(17-7(2)14)8-3-4-10(15)18-8/h3-4,8-9,11H,5H2,1-2H3/t8-,9-,11+/m1/s1. The second-order valence-corrected chi connectivity index (χ2v) is 4.28. The van der Waals surface area contributed by atoms with Crippen molar-refractivity contribution in [2.24, 2.45) is 0 Å². The van der Waals surface area contributed by atoms with Crippen molar-refractivity contribution < 1.29 is 28.6 Å². The quantitative estimate of drug-likeness (QED) is 0.422. The molecular weight excluding hydrogens is 308 g/mol. The molecule has 18 heavy (non-hydrogen) atoms. The first-order chi connectivity index (χ1) is 8.43. The summed E-state index contributed by atoms with van der Waals surface area (Å²) in [7, 11) is 0. The van der Waals surface area contributed by atoms with Gasteiger partial charge in [-0.1, -0.05) is 15.9 Å². The first-order valence-corrected chi connectivity index (χ1v) is 6.35. The zero-order chi connectivity index (χ0) is 13.7. The van der Waals surface area contributed by atoms with Gasteiger partial charge in [0, 0.05) is 25.3 Å². The summed E-state index contributed by atoms with van der Waals surface area (Å²) in [5.74, 6) is -1.58. The largest absolute Gasteiger partial charge is 0.458 e. The molecular formula is C11H13BrO6. The van der Waals surface area contributed by atoms with Crippen LogP contribution in [0, 0.1) is 0 Å². The van der Waals surface area contributed by atoms with Crippen molar-refractivity contribution in [3.05, 3.63) is 12.2 Å². The third-order valence-electron chi connectivity index (χ3n) is 2.14. The molecule has 0 aliphatic carbocycles. The monoisotopic (exact) mass is 320 g/mol. The molecule has 0 fully saturated rings. The van der Waals surface area contributed by atoms with Gasteiger partial charge in [-0.3, -0.25) is 9.59 Å². The predicted molar refractivity (Wildman–Crippen MR) is 63.9 cm³/mol. The van der Waals surface area contributed by atoms with E-state index in [0.29, 0.717) is 0 Å². The van der Waals surface area contributed by atoms with Gasteiger partial charge < -0.3 is 14.2 Å². The highest BCUT2D eigenvalue weighted by Gasteiger charge is 2.37. The molecule has 1 aliphatic heterocycles. The normalized spacial score (nSPS) is 21.1. The van der Waals surface area contributed by atoms with Crippen LogP contribution in [0.5, 0.6) is 0 Å². The Kier molecular flexibility index (Phi) is 5.33. The van der Waals surface area contributed by atoms with E-state index in [9.17, 15) is 14.4 Å². The fourth-order valence-corrected chi connectivity index (χ4v) is 2.01. The fourth-order valence-electron chi connectivity index (χ4n) is 1.51. The smallest absolute Gasteiger partial charge is 0.331 e. The molecule has 0 saturated carbocycles. The predicted octanol–water partition coefficient (Wildman–Crippen LogP) is 0.726. The van der Waals surface area contributed by atoms with E-state index in [1.165, 1.54) is 26.0 Å². The summed E-state index contributed by atoms with van der Waals surface area (Å²) >= 11 is 3.16. The number of hydrogen-bond donors (Lipinski definition) is 0. The summed E-state index contributed by atoms with van der Waals surface area (Å²) < 4.78 is 15.0. The van der Waals surface area contributed by atoms with Crippen LogP contribution < -0.4 is 0 Å². The van der Waals surface area contributed by atoms with Crippen LogP contribution in [0.25, 0.3) is 0 Å². The Balaban J connectivity index is 2.81. The summed E-state index contributed by atoms with van der Waals surface area (Å²) in [5.41, 5.74) is 0. The highest BCUT2D eigenvalue weighted by atomic mass is 79.9. The van der Waals surface area contributed by atoms with Gasteiger partial charge in [0.05, 0.1) is 0 Å². The van der Waals surface area contributed by atoms with Crippen LogP contribution in [0.3, 0.4) is 0 Å². The van der Waals surface area contributed by atoms with Crippen LogP contribution in [-0.2, 0) is 28.6 Å². The minimum atomic E-state index is -0.867. The van der Waals surface area contributed by atoms with E-state index in [2.05, 4.69) is 15.9 Å². The van der Waals surface area contributed by atoms with Crippen LogP contribution in [0.1, 0.15) is 13.8 Å². The number of halogens is 1. The lowest BCUT2D eigenvalue weighted by Gasteiger charge is -2.27. The Hall–Kier alpha value is -1.37. The van der Waals surface area contributed by atoms with Crippen molar-refractivity contribution in [2.45, 2.75) is 32.2 Å². The Bertz CT molecular complexity index is 378. The molecule has 7 heteroatoms. The highest BCUT2D eigenvalue weighted by molar-refractivity contribution is 9.09. The summed E-state index contributed by atoms with van der Waals surface area (Å²) in [6.45, 7) is 2.48. The molecule has 0 spiro atoms. The number of carbonyl (C=O) groups is 3. The van der Waals surface area contributed by atoms with Crippen molar-refractivity contribution in [3.8, 4) is 0 Å².